The van der Waals surface area contributed by atoms with E-state index < -0.39 is 37.3 Å². The Balaban J connectivity index is 4.26. The third-order valence-corrected chi connectivity index (χ3v) is 12.6. The molecule has 0 bridgehead atoms. The molecule has 0 aromatic rings. The molecule has 0 aliphatic rings. The highest BCUT2D eigenvalue weighted by Gasteiger charge is 2.39. The lowest BCUT2D eigenvalue weighted by molar-refractivity contribution is -0.143. The van der Waals surface area contributed by atoms with Crippen molar-refractivity contribution in [2.75, 3.05) is 19.8 Å². The molecule has 0 spiro atoms. The quantitative estimate of drug-likeness (QED) is 0.211. The lowest BCUT2D eigenvalue weighted by Gasteiger charge is -2.38. The Morgan fingerprint density at radius 2 is 1.50 bits per heavy atom. The summed E-state index contributed by atoms with van der Waals surface area (Å²) >= 11 is 0. The average molecular weight is 423 g/mol. The lowest BCUT2D eigenvalue weighted by Crippen LogP contribution is -2.52. The van der Waals surface area contributed by atoms with E-state index in [1.807, 2.05) is 0 Å². The van der Waals surface area contributed by atoms with Crippen molar-refractivity contribution >= 4 is 31.2 Å². The molecule has 0 aromatic carbocycles. The Labute approximate surface area is 162 Å². The molecule has 0 aliphatic heterocycles. The van der Waals surface area contributed by atoms with Gasteiger partial charge in [-0.25, -0.2) is 4.79 Å². The van der Waals surface area contributed by atoms with Crippen LogP contribution in [0.5, 0.6) is 0 Å². The van der Waals surface area contributed by atoms with Crippen molar-refractivity contribution in [3.05, 3.63) is 12.2 Å². The molecule has 0 heterocycles. The number of hydrogen-bond donors (Lipinski definition) is 1. The van der Waals surface area contributed by atoms with E-state index in [1.165, 1.54) is 0 Å². The summed E-state index contributed by atoms with van der Waals surface area (Å²) in [5.74, 6) is -0.502. The van der Waals surface area contributed by atoms with Gasteiger partial charge in [0.05, 0.1) is 6.61 Å². The van der Waals surface area contributed by atoms with Crippen LogP contribution in [0.25, 0.3) is 0 Å². The molecule has 0 rings (SSSR count). The van der Waals surface area contributed by atoms with E-state index in [1.54, 1.807) is 6.92 Å². The summed E-state index contributed by atoms with van der Waals surface area (Å²) in [5.41, 5.74) is 0.312. The Kier molecular flexibility index (Phi) is 10.8. The van der Waals surface area contributed by atoms with E-state index in [0.717, 1.165) is 12.5 Å². The predicted molar refractivity (Wildman–Crippen MR) is 113 cm³/mol. The number of ether oxygens (including phenoxy) is 2. The SMILES string of the molecule is C=C(C)C(=O)OC[C@H](O)COCCC[Si](C)(O[Si](C)(C)C)O[Si](C)(C)C. The molecule has 154 valence electrons. The number of aliphatic hydroxyl groups excluding tert-OH is 1. The van der Waals surface area contributed by atoms with Crippen LogP contribution in [0, 0.1) is 0 Å². The molecule has 0 amide bonds. The van der Waals surface area contributed by atoms with Crippen LogP contribution in [0.1, 0.15) is 13.3 Å². The van der Waals surface area contributed by atoms with E-state index >= 15 is 0 Å². The van der Waals surface area contributed by atoms with Gasteiger partial charge in [0.1, 0.15) is 12.7 Å². The number of rotatable bonds is 13. The van der Waals surface area contributed by atoms with Gasteiger partial charge in [-0.15, -0.1) is 0 Å². The molecule has 0 saturated heterocycles. The van der Waals surface area contributed by atoms with Crippen LogP contribution in [0.3, 0.4) is 0 Å². The summed E-state index contributed by atoms with van der Waals surface area (Å²) < 4.78 is 23.3. The van der Waals surface area contributed by atoms with Gasteiger partial charge in [0.15, 0.2) is 16.6 Å². The predicted octanol–water partition coefficient (Wildman–Crippen LogP) is 3.65. The molecule has 9 heteroatoms. The Bertz CT molecular complexity index is 440. The average Bonchev–Trinajstić information content (AvgIpc) is 2.39. The summed E-state index contributed by atoms with van der Waals surface area (Å²) in [4.78, 5) is 11.3. The van der Waals surface area contributed by atoms with Crippen LogP contribution in [0.15, 0.2) is 12.2 Å². The van der Waals surface area contributed by atoms with Crippen molar-refractivity contribution < 1.29 is 27.6 Å². The van der Waals surface area contributed by atoms with E-state index in [2.05, 4.69) is 52.4 Å². The monoisotopic (exact) mass is 422 g/mol. The molecule has 0 aliphatic carbocycles. The van der Waals surface area contributed by atoms with E-state index in [-0.39, 0.29) is 13.2 Å². The topological polar surface area (TPSA) is 74.2 Å². The molecule has 1 N–H and O–H groups in total. The maximum atomic E-state index is 11.3. The van der Waals surface area contributed by atoms with Gasteiger partial charge in [-0.3, -0.25) is 0 Å². The van der Waals surface area contributed by atoms with Crippen molar-refractivity contribution in [3.63, 3.8) is 0 Å². The first-order valence-corrected chi connectivity index (χ1v) is 18.5. The van der Waals surface area contributed by atoms with Crippen LogP contribution < -0.4 is 0 Å². The van der Waals surface area contributed by atoms with Crippen molar-refractivity contribution in [2.45, 2.75) is 71.3 Å². The van der Waals surface area contributed by atoms with Crippen molar-refractivity contribution in [1.29, 1.82) is 0 Å². The van der Waals surface area contributed by atoms with Gasteiger partial charge in [0, 0.05) is 12.2 Å². The number of aliphatic hydroxyl groups is 1. The standard InChI is InChI=1S/C17H38O6Si3/c1-15(2)17(19)21-14-16(18)13-20-11-10-12-26(9,22-24(3,4)5)23-25(6,7)8/h16,18H,1,10-14H2,2-9H3/t16-/m1/s1. The molecule has 0 unspecified atom stereocenters. The Hall–Kier alpha value is -0.299. The normalized spacial score (nSPS) is 14.2. The second kappa shape index (κ2) is 10.9. The third kappa shape index (κ3) is 13.8. The van der Waals surface area contributed by atoms with E-state index in [0.29, 0.717) is 12.2 Å². The first-order chi connectivity index (χ1) is 11.6. The highest BCUT2D eigenvalue weighted by Crippen LogP contribution is 2.25. The molecule has 1 atom stereocenters. The minimum Gasteiger partial charge on any atom is -0.460 e. The zero-order valence-corrected chi connectivity index (χ0v) is 20.8. The zero-order valence-electron chi connectivity index (χ0n) is 17.8. The van der Waals surface area contributed by atoms with E-state index in [4.69, 9.17) is 17.7 Å². The molecular weight excluding hydrogens is 384 g/mol. The van der Waals surface area contributed by atoms with Gasteiger partial charge in [-0.1, -0.05) is 6.58 Å². The lowest BCUT2D eigenvalue weighted by atomic mass is 10.3. The number of carbonyl (C=O) groups is 1. The van der Waals surface area contributed by atoms with Crippen molar-refractivity contribution in [2.24, 2.45) is 0 Å². The molecular formula is C17H38O6Si3. The Morgan fingerprint density at radius 1 is 1.00 bits per heavy atom. The Morgan fingerprint density at radius 3 is 1.92 bits per heavy atom. The fraction of sp³-hybridized carbons (Fsp3) is 0.824. The van der Waals surface area contributed by atoms with Crippen molar-refractivity contribution in [3.8, 4) is 0 Å². The maximum absolute atomic E-state index is 11.3. The van der Waals surface area contributed by atoms with Crippen LogP contribution in [-0.4, -0.2) is 62.2 Å². The maximum Gasteiger partial charge on any atom is 0.333 e. The number of esters is 1. The molecule has 6 nitrogen and oxygen atoms in total. The van der Waals surface area contributed by atoms with E-state index in [9.17, 15) is 9.90 Å². The summed E-state index contributed by atoms with van der Waals surface area (Å²) in [7, 11) is -5.61. The summed E-state index contributed by atoms with van der Waals surface area (Å²) in [6.45, 7) is 20.9. The van der Waals surface area contributed by atoms with Crippen molar-refractivity contribution in [1.82, 2.24) is 0 Å². The van der Waals surface area contributed by atoms with Crippen LogP contribution >= 0.6 is 0 Å². The van der Waals surface area contributed by atoms with Crippen LogP contribution in [0.2, 0.25) is 51.9 Å². The van der Waals surface area contributed by atoms with Gasteiger partial charge in [0.25, 0.3) is 0 Å². The largest absolute Gasteiger partial charge is 0.460 e. The van der Waals surface area contributed by atoms with Gasteiger partial charge < -0.3 is 22.8 Å². The second-order valence-electron chi connectivity index (χ2n) is 8.77. The fourth-order valence-corrected chi connectivity index (χ4v) is 15.0. The van der Waals surface area contributed by atoms with Crippen LogP contribution in [-0.2, 0) is 22.5 Å². The molecule has 0 aromatic heterocycles. The van der Waals surface area contributed by atoms with Gasteiger partial charge in [-0.2, -0.15) is 0 Å². The molecule has 0 fully saturated rings. The van der Waals surface area contributed by atoms with Gasteiger partial charge >= 0.3 is 14.5 Å². The highest BCUT2D eigenvalue weighted by atomic mass is 28.5. The number of hydrogen-bond acceptors (Lipinski definition) is 6. The minimum atomic E-state index is -2.24. The molecule has 0 saturated carbocycles. The van der Waals surface area contributed by atoms with Crippen LogP contribution in [0.4, 0.5) is 0 Å². The molecule has 26 heavy (non-hydrogen) atoms. The minimum absolute atomic E-state index is 0.0877. The summed E-state index contributed by atoms with van der Waals surface area (Å²) in [5, 5.41) is 9.78. The first kappa shape index (κ1) is 25.7. The zero-order chi connectivity index (χ0) is 20.6. The summed E-state index contributed by atoms with van der Waals surface area (Å²) in [6.07, 6.45) is -0.0194. The third-order valence-electron chi connectivity index (χ3n) is 3.03. The highest BCUT2D eigenvalue weighted by molar-refractivity contribution is 6.87. The second-order valence-corrected chi connectivity index (χ2v) is 21.6. The fourth-order valence-electron chi connectivity index (χ4n) is 2.48. The van der Waals surface area contributed by atoms with Gasteiger partial charge in [0.2, 0.25) is 0 Å². The summed E-state index contributed by atoms with van der Waals surface area (Å²) in [6, 6.07) is 0.863. The van der Waals surface area contributed by atoms with Gasteiger partial charge in [-0.05, 0) is 65.2 Å². The molecule has 0 radical (unpaired) electrons. The first-order valence-electron chi connectivity index (χ1n) is 9.12. The number of carbonyl (C=O) groups excluding carboxylic acids is 1. The smallest absolute Gasteiger partial charge is 0.333 e.